The van der Waals surface area contributed by atoms with Crippen LogP contribution in [0.1, 0.15) is 46.6 Å². The molecule has 8 nitrogen and oxygen atoms in total. The first-order valence-electron chi connectivity index (χ1n) is 12.1. The highest BCUT2D eigenvalue weighted by Crippen LogP contribution is 2.45. The van der Waals surface area contributed by atoms with Gasteiger partial charge in [0.25, 0.3) is 5.91 Å². The van der Waals surface area contributed by atoms with Crippen LogP contribution in [0.25, 0.3) is 0 Å². The quantitative estimate of drug-likeness (QED) is 0.542. The van der Waals surface area contributed by atoms with E-state index in [1.807, 2.05) is 47.2 Å². The van der Waals surface area contributed by atoms with Crippen molar-refractivity contribution in [3.8, 4) is 5.75 Å². The van der Waals surface area contributed by atoms with E-state index in [1.54, 1.807) is 19.1 Å². The maximum absolute atomic E-state index is 13.4. The van der Waals surface area contributed by atoms with Crippen molar-refractivity contribution in [1.82, 2.24) is 20.1 Å². The average Bonchev–Trinajstić information content (AvgIpc) is 3.40. The lowest BCUT2D eigenvalue weighted by Crippen LogP contribution is -2.46. The minimum Gasteiger partial charge on any atom is -0.486 e. The molecule has 3 aromatic rings. The maximum atomic E-state index is 13.4. The Morgan fingerprint density at radius 1 is 1.09 bits per heavy atom. The Labute approximate surface area is 204 Å². The van der Waals surface area contributed by atoms with Crippen molar-refractivity contribution in [2.24, 2.45) is 5.41 Å². The molecule has 0 radical (unpaired) electrons. The van der Waals surface area contributed by atoms with Gasteiger partial charge in [-0.25, -0.2) is 4.63 Å². The third-order valence-corrected chi connectivity index (χ3v) is 7.50. The van der Waals surface area contributed by atoms with Crippen molar-refractivity contribution < 1.29 is 19.0 Å². The largest absolute Gasteiger partial charge is 0.486 e. The molecule has 0 N–H and O–H groups in total. The number of aromatic nitrogens is 2. The van der Waals surface area contributed by atoms with Gasteiger partial charge >= 0.3 is 0 Å². The van der Waals surface area contributed by atoms with Crippen LogP contribution in [-0.4, -0.2) is 58.1 Å². The van der Waals surface area contributed by atoms with E-state index >= 15 is 0 Å². The van der Waals surface area contributed by atoms with E-state index in [4.69, 9.17) is 9.37 Å². The standard InChI is InChI=1S/C27H30N4O4/c1-19-23(29-35-28-19)18-34-24-11-7-6-10-22(24)25(32)31-14-12-27(13-15-31)17-21(30(2)26(27)33)16-20-8-4-3-5-9-20/h3-11,21H,12-18H2,1-2H3/t21-/m0/s1. The van der Waals surface area contributed by atoms with Crippen LogP contribution in [-0.2, 0) is 17.8 Å². The van der Waals surface area contributed by atoms with E-state index in [-0.39, 0.29) is 29.9 Å². The Balaban J connectivity index is 1.24. The molecule has 1 spiro atoms. The van der Waals surface area contributed by atoms with Gasteiger partial charge in [0.15, 0.2) is 0 Å². The molecular formula is C27H30N4O4. The van der Waals surface area contributed by atoms with E-state index in [9.17, 15) is 9.59 Å². The summed E-state index contributed by atoms with van der Waals surface area (Å²) in [6.45, 7) is 3.07. The maximum Gasteiger partial charge on any atom is 0.257 e. The Morgan fingerprint density at radius 2 is 1.80 bits per heavy atom. The van der Waals surface area contributed by atoms with Gasteiger partial charge in [-0.15, -0.1) is 0 Å². The van der Waals surface area contributed by atoms with Gasteiger partial charge in [-0.3, -0.25) is 9.59 Å². The number of carbonyl (C=O) groups is 2. The third kappa shape index (κ3) is 4.52. The van der Waals surface area contributed by atoms with Gasteiger partial charge in [0.05, 0.1) is 11.0 Å². The third-order valence-electron chi connectivity index (χ3n) is 7.50. The second-order valence-electron chi connectivity index (χ2n) is 9.62. The SMILES string of the molecule is Cc1nonc1COc1ccccc1C(=O)N1CCC2(CC1)C[C@H](Cc1ccccc1)N(C)C2=O. The predicted molar refractivity (Wildman–Crippen MR) is 129 cm³/mol. The van der Waals surface area contributed by atoms with Crippen molar-refractivity contribution in [3.63, 3.8) is 0 Å². The summed E-state index contributed by atoms with van der Waals surface area (Å²) in [5.74, 6) is 0.635. The summed E-state index contributed by atoms with van der Waals surface area (Å²) in [5, 5.41) is 7.60. The molecule has 0 bridgehead atoms. The number of hydrogen-bond donors (Lipinski definition) is 0. The lowest BCUT2D eigenvalue weighted by atomic mass is 9.75. The predicted octanol–water partition coefficient (Wildman–Crippen LogP) is 3.65. The number of benzene rings is 2. The smallest absolute Gasteiger partial charge is 0.257 e. The zero-order chi connectivity index (χ0) is 24.4. The summed E-state index contributed by atoms with van der Waals surface area (Å²) < 4.78 is 10.6. The van der Waals surface area contributed by atoms with Crippen molar-refractivity contribution >= 4 is 11.8 Å². The van der Waals surface area contributed by atoms with Crippen molar-refractivity contribution in [3.05, 3.63) is 77.1 Å². The molecule has 2 aliphatic rings. The summed E-state index contributed by atoms with van der Waals surface area (Å²) in [6, 6.07) is 17.7. The number of likely N-dealkylation sites (N-methyl/N-ethyl adjacent to an activating group) is 1. The molecule has 2 aliphatic heterocycles. The molecule has 2 saturated heterocycles. The number of aryl methyl sites for hydroxylation is 1. The zero-order valence-electron chi connectivity index (χ0n) is 20.1. The highest BCUT2D eigenvalue weighted by molar-refractivity contribution is 5.97. The van der Waals surface area contributed by atoms with Crippen LogP contribution in [0.4, 0.5) is 0 Å². The van der Waals surface area contributed by atoms with Gasteiger partial charge in [0, 0.05) is 26.2 Å². The van der Waals surface area contributed by atoms with E-state index < -0.39 is 0 Å². The fraction of sp³-hybridized carbons (Fsp3) is 0.407. The zero-order valence-corrected chi connectivity index (χ0v) is 20.1. The summed E-state index contributed by atoms with van der Waals surface area (Å²) in [7, 11) is 1.92. The van der Waals surface area contributed by atoms with Crippen molar-refractivity contribution in [1.29, 1.82) is 0 Å². The molecule has 8 heteroatoms. The van der Waals surface area contributed by atoms with Crippen molar-refractivity contribution in [2.75, 3.05) is 20.1 Å². The Hall–Kier alpha value is -3.68. The number of piperidine rings is 1. The van der Waals surface area contributed by atoms with Crippen LogP contribution in [0, 0.1) is 12.3 Å². The van der Waals surface area contributed by atoms with E-state index in [2.05, 4.69) is 22.4 Å². The van der Waals surface area contributed by atoms with Crippen LogP contribution in [0.3, 0.4) is 0 Å². The minimum atomic E-state index is -0.377. The second-order valence-corrected chi connectivity index (χ2v) is 9.62. The van der Waals surface area contributed by atoms with Gasteiger partial charge in [-0.1, -0.05) is 52.8 Å². The summed E-state index contributed by atoms with van der Waals surface area (Å²) in [4.78, 5) is 30.5. The Bertz CT molecular complexity index is 1200. The summed E-state index contributed by atoms with van der Waals surface area (Å²) in [5.41, 5.74) is 2.63. The monoisotopic (exact) mass is 474 g/mol. The fourth-order valence-corrected chi connectivity index (χ4v) is 5.33. The first-order chi connectivity index (χ1) is 17.0. The van der Waals surface area contributed by atoms with Gasteiger partial charge in [0.2, 0.25) is 5.91 Å². The number of para-hydroxylation sites is 1. The Morgan fingerprint density at radius 3 is 2.51 bits per heavy atom. The van der Waals surface area contributed by atoms with Crippen LogP contribution in [0.2, 0.25) is 0 Å². The van der Waals surface area contributed by atoms with Crippen LogP contribution in [0.15, 0.2) is 59.2 Å². The molecule has 2 aromatic carbocycles. The fourth-order valence-electron chi connectivity index (χ4n) is 5.33. The first-order valence-corrected chi connectivity index (χ1v) is 12.1. The van der Waals surface area contributed by atoms with E-state index in [1.165, 1.54) is 5.56 Å². The Kier molecular flexibility index (Phi) is 6.28. The molecule has 0 unspecified atom stereocenters. The molecule has 5 rings (SSSR count). The first kappa shape index (κ1) is 23.1. The summed E-state index contributed by atoms with van der Waals surface area (Å²) in [6.07, 6.45) is 3.06. The molecule has 2 fully saturated rings. The molecule has 35 heavy (non-hydrogen) atoms. The number of likely N-dealkylation sites (tertiary alicyclic amines) is 2. The van der Waals surface area contributed by atoms with Crippen molar-refractivity contribution in [2.45, 2.75) is 45.3 Å². The average molecular weight is 475 g/mol. The minimum absolute atomic E-state index is 0.0786. The topological polar surface area (TPSA) is 88.8 Å². The second kappa shape index (κ2) is 9.52. The number of hydrogen-bond acceptors (Lipinski definition) is 6. The molecule has 0 aliphatic carbocycles. The number of rotatable bonds is 6. The molecule has 2 amide bonds. The molecule has 3 heterocycles. The molecule has 1 aromatic heterocycles. The number of carbonyl (C=O) groups excluding carboxylic acids is 2. The summed E-state index contributed by atoms with van der Waals surface area (Å²) >= 11 is 0. The molecule has 182 valence electrons. The van der Waals surface area contributed by atoms with E-state index in [0.29, 0.717) is 48.6 Å². The van der Waals surface area contributed by atoms with Crippen LogP contribution in [0.5, 0.6) is 5.75 Å². The highest BCUT2D eigenvalue weighted by atomic mass is 16.6. The van der Waals surface area contributed by atoms with Gasteiger partial charge in [0.1, 0.15) is 23.7 Å². The van der Waals surface area contributed by atoms with Crippen LogP contribution >= 0.6 is 0 Å². The normalized spacial score (nSPS) is 19.4. The lowest BCUT2D eigenvalue weighted by Gasteiger charge is -2.38. The van der Waals surface area contributed by atoms with Gasteiger partial charge < -0.3 is 14.5 Å². The van der Waals surface area contributed by atoms with Gasteiger partial charge in [-0.2, -0.15) is 0 Å². The van der Waals surface area contributed by atoms with Crippen LogP contribution < -0.4 is 4.74 Å². The number of nitrogens with zero attached hydrogens (tertiary/aromatic N) is 4. The molecule has 1 atom stereocenters. The van der Waals surface area contributed by atoms with Gasteiger partial charge in [-0.05, 0) is 50.3 Å². The molecule has 0 saturated carbocycles. The number of amides is 2. The van der Waals surface area contributed by atoms with E-state index in [0.717, 1.165) is 12.8 Å². The molecular weight excluding hydrogens is 444 g/mol. The number of ether oxygens (including phenoxy) is 1. The lowest BCUT2D eigenvalue weighted by molar-refractivity contribution is -0.137. The highest BCUT2D eigenvalue weighted by Gasteiger charge is 2.51.